The lowest BCUT2D eigenvalue weighted by molar-refractivity contribution is -0.385. The van der Waals surface area contributed by atoms with E-state index in [2.05, 4.69) is 0 Å². The standard InChI is InChI=1S/C9H8F3NO3/c10-9(11,12)5-8(14)6-2-1-3-7(4-6)13(15)16/h1-4,8,14H,5H2/t8-/m1/s1. The molecule has 0 aliphatic rings. The number of benzene rings is 1. The molecule has 0 aromatic heterocycles. The van der Waals surface area contributed by atoms with Crippen molar-refractivity contribution in [2.24, 2.45) is 0 Å². The van der Waals surface area contributed by atoms with E-state index in [4.69, 9.17) is 0 Å². The molecule has 0 saturated heterocycles. The largest absolute Gasteiger partial charge is 0.391 e. The molecule has 0 bridgehead atoms. The van der Waals surface area contributed by atoms with Gasteiger partial charge in [-0.2, -0.15) is 13.2 Å². The molecule has 0 spiro atoms. The van der Waals surface area contributed by atoms with E-state index in [0.717, 1.165) is 12.1 Å². The fraction of sp³-hybridized carbons (Fsp3) is 0.333. The number of rotatable bonds is 3. The predicted molar refractivity (Wildman–Crippen MR) is 48.7 cm³/mol. The van der Waals surface area contributed by atoms with Gasteiger partial charge in [0, 0.05) is 12.1 Å². The molecule has 0 radical (unpaired) electrons. The van der Waals surface area contributed by atoms with Gasteiger partial charge < -0.3 is 5.11 Å². The van der Waals surface area contributed by atoms with E-state index in [1.807, 2.05) is 0 Å². The Morgan fingerprint density at radius 1 is 1.44 bits per heavy atom. The first kappa shape index (κ1) is 12.4. The van der Waals surface area contributed by atoms with Gasteiger partial charge in [-0.15, -0.1) is 0 Å². The smallest absolute Gasteiger partial charge is 0.388 e. The number of aliphatic hydroxyl groups excluding tert-OH is 1. The van der Waals surface area contributed by atoms with Gasteiger partial charge in [0.15, 0.2) is 0 Å². The van der Waals surface area contributed by atoms with Crippen molar-refractivity contribution in [2.75, 3.05) is 0 Å². The van der Waals surface area contributed by atoms with Crippen molar-refractivity contribution in [3.8, 4) is 0 Å². The Labute approximate surface area is 88.5 Å². The summed E-state index contributed by atoms with van der Waals surface area (Å²) in [4.78, 5) is 9.63. The molecule has 4 nitrogen and oxygen atoms in total. The number of nitro groups is 1. The van der Waals surface area contributed by atoms with Crippen LogP contribution in [0.3, 0.4) is 0 Å². The molecular formula is C9H8F3NO3. The van der Waals surface area contributed by atoms with E-state index < -0.39 is 23.6 Å². The van der Waals surface area contributed by atoms with Crippen LogP contribution in [-0.4, -0.2) is 16.2 Å². The van der Waals surface area contributed by atoms with Gasteiger partial charge >= 0.3 is 6.18 Å². The van der Waals surface area contributed by atoms with Gasteiger partial charge in [-0.05, 0) is 5.56 Å². The van der Waals surface area contributed by atoms with Crippen LogP contribution in [0.4, 0.5) is 18.9 Å². The molecule has 0 fully saturated rings. The van der Waals surface area contributed by atoms with Crippen LogP contribution in [0.5, 0.6) is 0 Å². The van der Waals surface area contributed by atoms with Crippen LogP contribution in [0.1, 0.15) is 18.1 Å². The summed E-state index contributed by atoms with van der Waals surface area (Å²) in [6.07, 6.45) is -7.71. The number of alkyl halides is 3. The number of hydrogen-bond acceptors (Lipinski definition) is 3. The van der Waals surface area contributed by atoms with Crippen molar-refractivity contribution in [1.82, 2.24) is 0 Å². The van der Waals surface area contributed by atoms with E-state index in [9.17, 15) is 28.4 Å². The Balaban J connectivity index is 2.87. The summed E-state index contributed by atoms with van der Waals surface area (Å²) >= 11 is 0. The lowest BCUT2D eigenvalue weighted by atomic mass is 10.1. The van der Waals surface area contributed by atoms with Crippen LogP contribution in [0.25, 0.3) is 0 Å². The quantitative estimate of drug-likeness (QED) is 0.646. The first-order chi connectivity index (χ1) is 7.29. The molecule has 0 heterocycles. The Hall–Kier alpha value is -1.63. The van der Waals surface area contributed by atoms with Crippen LogP contribution in [0, 0.1) is 10.1 Å². The molecule has 0 aliphatic heterocycles. The van der Waals surface area contributed by atoms with E-state index >= 15 is 0 Å². The summed E-state index contributed by atoms with van der Waals surface area (Å²) in [7, 11) is 0. The summed E-state index contributed by atoms with van der Waals surface area (Å²) in [5.41, 5.74) is -0.467. The molecule has 1 N–H and O–H groups in total. The minimum Gasteiger partial charge on any atom is -0.388 e. The van der Waals surface area contributed by atoms with Crippen molar-refractivity contribution >= 4 is 5.69 Å². The van der Waals surface area contributed by atoms with Crippen LogP contribution >= 0.6 is 0 Å². The van der Waals surface area contributed by atoms with Gasteiger partial charge in [0.05, 0.1) is 17.4 Å². The molecule has 0 amide bonds. The number of aliphatic hydroxyl groups is 1. The highest BCUT2D eigenvalue weighted by Crippen LogP contribution is 2.30. The van der Waals surface area contributed by atoms with Gasteiger partial charge in [0.2, 0.25) is 0 Å². The summed E-state index contributed by atoms with van der Waals surface area (Å²) < 4.78 is 35.9. The Morgan fingerprint density at radius 2 is 2.06 bits per heavy atom. The van der Waals surface area contributed by atoms with Crippen molar-refractivity contribution in [3.05, 3.63) is 39.9 Å². The van der Waals surface area contributed by atoms with E-state index in [0.29, 0.717) is 0 Å². The number of nitrogens with zero attached hydrogens (tertiary/aromatic N) is 1. The number of hydrogen-bond donors (Lipinski definition) is 1. The number of halogens is 3. The number of non-ortho nitro benzene ring substituents is 1. The zero-order valence-electron chi connectivity index (χ0n) is 7.94. The van der Waals surface area contributed by atoms with Gasteiger partial charge in [0.1, 0.15) is 0 Å². The molecule has 16 heavy (non-hydrogen) atoms. The third kappa shape index (κ3) is 3.50. The minimum absolute atomic E-state index is 0.119. The SMILES string of the molecule is O=[N+]([O-])c1cccc([C@H](O)CC(F)(F)F)c1. The molecule has 0 aliphatic carbocycles. The molecule has 0 unspecified atom stereocenters. The third-order valence-electron chi connectivity index (χ3n) is 1.89. The first-order valence-electron chi connectivity index (χ1n) is 4.29. The molecule has 88 valence electrons. The molecule has 1 aromatic rings. The summed E-state index contributed by atoms with van der Waals surface area (Å²) in [5.74, 6) is 0. The maximum Gasteiger partial charge on any atom is 0.391 e. The molecule has 0 saturated carbocycles. The highest BCUT2D eigenvalue weighted by atomic mass is 19.4. The summed E-state index contributed by atoms with van der Waals surface area (Å²) in [5, 5.41) is 19.6. The topological polar surface area (TPSA) is 63.4 Å². The monoisotopic (exact) mass is 235 g/mol. The van der Waals surface area contributed by atoms with E-state index in [1.54, 1.807) is 0 Å². The predicted octanol–water partition coefficient (Wildman–Crippen LogP) is 2.58. The zero-order valence-corrected chi connectivity index (χ0v) is 7.94. The maximum absolute atomic E-state index is 12.0. The minimum atomic E-state index is -4.51. The molecular weight excluding hydrogens is 227 g/mol. The Bertz CT molecular complexity index is 392. The van der Waals surface area contributed by atoms with Crippen molar-refractivity contribution in [1.29, 1.82) is 0 Å². The van der Waals surface area contributed by atoms with Crippen LogP contribution in [-0.2, 0) is 0 Å². The highest BCUT2D eigenvalue weighted by molar-refractivity contribution is 5.35. The average molecular weight is 235 g/mol. The van der Waals surface area contributed by atoms with Crippen LogP contribution in [0.15, 0.2) is 24.3 Å². The van der Waals surface area contributed by atoms with Crippen molar-refractivity contribution in [3.63, 3.8) is 0 Å². The van der Waals surface area contributed by atoms with Gasteiger partial charge in [-0.1, -0.05) is 12.1 Å². The van der Waals surface area contributed by atoms with Crippen LogP contribution in [0.2, 0.25) is 0 Å². The summed E-state index contributed by atoms with van der Waals surface area (Å²) in [6.45, 7) is 0. The molecule has 1 rings (SSSR count). The van der Waals surface area contributed by atoms with Gasteiger partial charge in [-0.25, -0.2) is 0 Å². The molecule has 1 aromatic carbocycles. The average Bonchev–Trinajstić information content (AvgIpc) is 2.15. The second-order valence-corrected chi connectivity index (χ2v) is 3.19. The van der Waals surface area contributed by atoms with Gasteiger partial charge in [-0.3, -0.25) is 10.1 Å². The zero-order chi connectivity index (χ0) is 12.3. The Kier molecular flexibility index (Phi) is 3.48. The highest BCUT2D eigenvalue weighted by Gasteiger charge is 2.32. The summed E-state index contributed by atoms with van der Waals surface area (Å²) in [6, 6.07) is 4.51. The molecule has 1 atom stereocenters. The third-order valence-corrected chi connectivity index (χ3v) is 1.89. The lowest BCUT2D eigenvalue weighted by Crippen LogP contribution is -2.13. The van der Waals surface area contributed by atoms with Crippen LogP contribution < -0.4 is 0 Å². The lowest BCUT2D eigenvalue weighted by Gasteiger charge is -2.12. The van der Waals surface area contributed by atoms with Crippen molar-refractivity contribution < 1.29 is 23.2 Å². The van der Waals surface area contributed by atoms with Crippen molar-refractivity contribution in [2.45, 2.75) is 18.7 Å². The Morgan fingerprint density at radius 3 is 2.56 bits per heavy atom. The fourth-order valence-corrected chi connectivity index (χ4v) is 1.18. The van der Waals surface area contributed by atoms with E-state index in [-0.39, 0.29) is 11.3 Å². The molecule has 7 heteroatoms. The number of nitro benzene ring substituents is 1. The maximum atomic E-state index is 12.0. The fourth-order valence-electron chi connectivity index (χ4n) is 1.18. The second kappa shape index (κ2) is 4.48. The van der Waals surface area contributed by atoms with Gasteiger partial charge in [0.25, 0.3) is 5.69 Å². The normalized spacial score (nSPS) is 13.5. The van der Waals surface area contributed by atoms with E-state index in [1.165, 1.54) is 12.1 Å². The second-order valence-electron chi connectivity index (χ2n) is 3.19. The first-order valence-corrected chi connectivity index (χ1v) is 4.29.